The second-order valence-corrected chi connectivity index (χ2v) is 4.62. The summed E-state index contributed by atoms with van der Waals surface area (Å²) < 4.78 is 6.22. The van der Waals surface area contributed by atoms with Crippen molar-refractivity contribution in [2.75, 3.05) is 7.11 Å². The molecule has 5 nitrogen and oxygen atoms in total. The summed E-state index contributed by atoms with van der Waals surface area (Å²) in [5.41, 5.74) is 0.562. The van der Waals surface area contributed by atoms with Gasteiger partial charge in [0.25, 0.3) is 11.6 Å². The Labute approximate surface area is 120 Å². The van der Waals surface area contributed by atoms with E-state index in [0.717, 1.165) is 0 Å². The topological polar surface area (TPSA) is 61.2 Å². The summed E-state index contributed by atoms with van der Waals surface area (Å²) in [5.74, 6) is -0.276. The SMILES string of the molecule is COc1nc(C)cc(=O)n1CC(=O)c1ccccc1Cl. The van der Waals surface area contributed by atoms with Crippen molar-refractivity contribution in [2.45, 2.75) is 13.5 Å². The van der Waals surface area contributed by atoms with E-state index in [9.17, 15) is 9.59 Å². The molecule has 0 saturated heterocycles. The van der Waals surface area contributed by atoms with Crippen LogP contribution in [0.3, 0.4) is 0 Å². The molecule has 1 aromatic carbocycles. The van der Waals surface area contributed by atoms with Crippen LogP contribution in [0.4, 0.5) is 0 Å². The molecule has 6 heteroatoms. The largest absolute Gasteiger partial charge is 0.468 e. The second kappa shape index (κ2) is 5.88. The molecule has 0 spiro atoms. The van der Waals surface area contributed by atoms with Crippen molar-refractivity contribution in [3.8, 4) is 6.01 Å². The highest BCUT2D eigenvalue weighted by Crippen LogP contribution is 2.16. The van der Waals surface area contributed by atoms with Gasteiger partial charge in [0.1, 0.15) is 0 Å². The maximum atomic E-state index is 12.2. The second-order valence-electron chi connectivity index (χ2n) is 4.21. The summed E-state index contributed by atoms with van der Waals surface area (Å²) in [6.07, 6.45) is 0. The minimum Gasteiger partial charge on any atom is -0.468 e. The van der Waals surface area contributed by atoms with Crippen LogP contribution in [0.2, 0.25) is 5.02 Å². The number of ketones is 1. The van der Waals surface area contributed by atoms with Crippen molar-refractivity contribution in [2.24, 2.45) is 0 Å². The number of benzene rings is 1. The van der Waals surface area contributed by atoms with Crippen LogP contribution in [0, 0.1) is 6.92 Å². The Morgan fingerprint density at radius 1 is 1.40 bits per heavy atom. The van der Waals surface area contributed by atoms with Crippen LogP contribution in [-0.4, -0.2) is 22.4 Å². The van der Waals surface area contributed by atoms with Crippen molar-refractivity contribution >= 4 is 17.4 Å². The van der Waals surface area contributed by atoms with Crippen LogP contribution < -0.4 is 10.3 Å². The molecule has 0 bridgehead atoms. The van der Waals surface area contributed by atoms with E-state index in [-0.39, 0.29) is 23.9 Å². The van der Waals surface area contributed by atoms with Crippen LogP contribution in [0.1, 0.15) is 16.1 Å². The average Bonchev–Trinajstić information content (AvgIpc) is 2.41. The fraction of sp³-hybridized carbons (Fsp3) is 0.214. The fourth-order valence-electron chi connectivity index (χ4n) is 1.81. The smallest absolute Gasteiger partial charge is 0.299 e. The highest BCUT2D eigenvalue weighted by atomic mass is 35.5. The number of hydrogen-bond acceptors (Lipinski definition) is 4. The summed E-state index contributed by atoms with van der Waals surface area (Å²) in [7, 11) is 1.40. The summed E-state index contributed by atoms with van der Waals surface area (Å²) in [6.45, 7) is 1.52. The summed E-state index contributed by atoms with van der Waals surface area (Å²) in [5, 5.41) is 0.351. The zero-order valence-corrected chi connectivity index (χ0v) is 11.8. The number of carbonyl (C=O) groups is 1. The van der Waals surface area contributed by atoms with Gasteiger partial charge in [0, 0.05) is 17.3 Å². The van der Waals surface area contributed by atoms with Crippen LogP contribution in [0.5, 0.6) is 6.01 Å². The number of hydrogen-bond donors (Lipinski definition) is 0. The lowest BCUT2D eigenvalue weighted by Gasteiger charge is -2.10. The maximum absolute atomic E-state index is 12.2. The number of aromatic nitrogens is 2. The Balaban J connectivity index is 2.38. The van der Waals surface area contributed by atoms with E-state index in [1.807, 2.05) is 0 Å². The van der Waals surface area contributed by atoms with Gasteiger partial charge in [-0.1, -0.05) is 23.7 Å². The van der Waals surface area contributed by atoms with Crippen LogP contribution >= 0.6 is 11.6 Å². The Hall–Kier alpha value is -2.14. The first-order valence-corrected chi connectivity index (χ1v) is 6.31. The Morgan fingerprint density at radius 2 is 2.10 bits per heavy atom. The molecule has 104 valence electrons. The van der Waals surface area contributed by atoms with Gasteiger partial charge in [-0.3, -0.25) is 14.2 Å². The van der Waals surface area contributed by atoms with Gasteiger partial charge < -0.3 is 4.74 Å². The summed E-state index contributed by atoms with van der Waals surface area (Å²) in [4.78, 5) is 28.2. The molecule has 0 aliphatic carbocycles. The number of nitrogens with zero attached hydrogens (tertiary/aromatic N) is 2. The number of halogens is 1. The van der Waals surface area contributed by atoms with Gasteiger partial charge in [0.2, 0.25) is 0 Å². The number of methoxy groups -OCH3 is 1. The summed E-state index contributed by atoms with van der Waals surface area (Å²) in [6, 6.07) is 8.15. The number of aryl methyl sites for hydroxylation is 1. The van der Waals surface area contributed by atoms with Gasteiger partial charge in [-0.15, -0.1) is 0 Å². The summed E-state index contributed by atoms with van der Waals surface area (Å²) >= 11 is 5.97. The monoisotopic (exact) mass is 292 g/mol. The Morgan fingerprint density at radius 3 is 2.75 bits per heavy atom. The van der Waals surface area contributed by atoms with E-state index in [2.05, 4.69) is 4.98 Å². The third-order valence-electron chi connectivity index (χ3n) is 2.76. The van der Waals surface area contributed by atoms with Gasteiger partial charge in [0.05, 0.1) is 18.7 Å². The number of ether oxygens (including phenoxy) is 1. The lowest BCUT2D eigenvalue weighted by Crippen LogP contribution is -2.26. The van der Waals surface area contributed by atoms with Gasteiger partial charge >= 0.3 is 0 Å². The molecule has 0 fully saturated rings. The first-order valence-electron chi connectivity index (χ1n) is 5.93. The third-order valence-corrected chi connectivity index (χ3v) is 3.09. The van der Waals surface area contributed by atoms with Gasteiger partial charge in [-0.25, -0.2) is 4.98 Å². The quantitative estimate of drug-likeness (QED) is 0.810. The van der Waals surface area contributed by atoms with Crippen LogP contribution in [0.15, 0.2) is 35.1 Å². The molecule has 1 aromatic heterocycles. The minimum atomic E-state index is -0.338. The number of carbonyl (C=O) groups excluding carboxylic acids is 1. The third kappa shape index (κ3) is 2.88. The van der Waals surface area contributed by atoms with E-state index < -0.39 is 0 Å². The molecule has 0 aliphatic heterocycles. The predicted octanol–water partition coefficient (Wildman–Crippen LogP) is 2.10. The molecule has 0 N–H and O–H groups in total. The van der Waals surface area contributed by atoms with E-state index in [0.29, 0.717) is 16.3 Å². The van der Waals surface area contributed by atoms with Crippen molar-refractivity contribution < 1.29 is 9.53 Å². The maximum Gasteiger partial charge on any atom is 0.299 e. The standard InChI is InChI=1S/C14H13ClN2O3/c1-9-7-13(19)17(14(16-9)20-2)8-12(18)10-5-3-4-6-11(10)15/h3-7H,8H2,1-2H3. The molecule has 1 heterocycles. The first kappa shape index (κ1) is 14.3. The molecule has 0 atom stereocenters. The zero-order valence-electron chi connectivity index (χ0n) is 11.1. The van der Waals surface area contributed by atoms with E-state index in [1.165, 1.54) is 17.7 Å². The Bertz CT molecular complexity index is 710. The number of Topliss-reactive ketones (excluding diaryl/α,β-unsaturated/α-hetero) is 1. The van der Waals surface area contributed by atoms with Crippen molar-refractivity contribution in [1.29, 1.82) is 0 Å². The minimum absolute atomic E-state index is 0.107. The van der Waals surface area contributed by atoms with Crippen molar-refractivity contribution in [1.82, 2.24) is 9.55 Å². The van der Waals surface area contributed by atoms with Gasteiger partial charge in [0.15, 0.2) is 5.78 Å². The van der Waals surface area contributed by atoms with Crippen LogP contribution in [0.25, 0.3) is 0 Å². The van der Waals surface area contributed by atoms with E-state index in [1.54, 1.807) is 31.2 Å². The molecule has 0 saturated carbocycles. The molecule has 2 aromatic rings. The highest BCUT2D eigenvalue weighted by Gasteiger charge is 2.15. The van der Waals surface area contributed by atoms with E-state index in [4.69, 9.17) is 16.3 Å². The molecule has 0 radical (unpaired) electrons. The number of rotatable bonds is 4. The zero-order chi connectivity index (χ0) is 14.7. The lowest BCUT2D eigenvalue weighted by molar-refractivity contribution is 0.0966. The van der Waals surface area contributed by atoms with Crippen molar-refractivity contribution in [3.05, 3.63) is 57.0 Å². The average molecular weight is 293 g/mol. The molecule has 0 unspecified atom stereocenters. The molecular weight excluding hydrogens is 280 g/mol. The van der Waals surface area contributed by atoms with Gasteiger partial charge in [-0.2, -0.15) is 0 Å². The highest BCUT2D eigenvalue weighted by molar-refractivity contribution is 6.33. The van der Waals surface area contributed by atoms with E-state index >= 15 is 0 Å². The molecule has 20 heavy (non-hydrogen) atoms. The molecular formula is C14H13ClN2O3. The normalized spacial score (nSPS) is 10.3. The first-order chi connectivity index (χ1) is 9.52. The fourth-order valence-corrected chi connectivity index (χ4v) is 2.05. The van der Waals surface area contributed by atoms with Crippen LogP contribution in [-0.2, 0) is 6.54 Å². The lowest BCUT2D eigenvalue weighted by atomic mass is 10.1. The van der Waals surface area contributed by atoms with Gasteiger partial charge in [-0.05, 0) is 19.1 Å². The van der Waals surface area contributed by atoms with Crippen molar-refractivity contribution in [3.63, 3.8) is 0 Å². The molecule has 0 amide bonds. The molecule has 0 aliphatic rings. The molecule has 2 rings (SSSR count). The predicted molar refractivity (Wildman–Crippen MR) is 75.6 cm³/mol. The Kier molecular flexibility index (Phi) is 4.20.